The van der Waals surface area contributed by atoms with Gasteiger partial charge in [0, 0.05) is 36.5 Å². The van der Waals surface area contributed by atoms with Gasteiger partial charge in [0.1, 0.15) is 6.61 Å². The van der Waals surface area contributed by atoms with E-state index < -0.39 is 0 Å². The number of carbonyl (C=O) groups excluding carboxylic acids is 1. The van der Waals surface area contributed by atoms with E-state index in [1.807, 2.05) is 31.1 Å². The second-order valence-corrected chi connectivity index (χ2v) is 7.71. The van der Waals surface area contributed by atoms with E-state index in [-0.39, 0.29) is 29.3 Å². The number of halogens is 1. The maximum Gasteiger partial charge on any atom is 0.171 e. The van der Waals surface area contributed by atoms with E-state index in [1.165, 1.54) is 11.6 Å². The quantitative estimate of drug-likeness (QED) is 0.677. The number of ether oxygens (including phenoxy) is 1. The first-order valence-electron chi connectivity index (χ1n) is 9.45. The van der Waals surface area contributed by atoms with Crippen LogP contribution in [0.1, 0.15) is 19.4 Å². The molecule has 5 heteroatoms. The highest BCUT2D eigenvalue weighted by Gasteiger charge is 2.38. The van der Waals surface area contributed by atoms with Crippen LogP contribution in [0.3, 0.4) is 0 Å². The van der Waals surface area contributed by atoms with Gasteiger partial charge in [-0.2, -0.15) is 0 Å². The second-order valence-electron chi connectivity index (χ2n) is 7.71. The van der Waals surface area contributed by atoms with Crippen molar-refractivity contribution in [1.82, 2.24) is 4.90 Å². The molecule has 0 saturated carbocycles. The molecule has 0 fully saturated rings. The zero-order valence-electron chi connectivity index (χ0n) is 16.9. The molecule has 148 valence electrons. The van der Waals surface area contributed by atoms with Gasteiger partial charge in [0.15, 0.2) is 17.3 Å². The number of fused-ring (bicyclic) bond motifs is 1. The average molecular weight is 382 g/mol. The number of allylic oxidation sites excluding steroid dienone is 1. The lowest BCUT2D eigenvalue weighted by molar-refractivity contribution is -0.115. The molecule has 4 nitrogen and oxygen atoms in total. The summed E-state index contributed by atoms with van der Waals surface area (Å²) in [5, 5.41) is 0. The van der Waals surface area contributed by atoms with Crippen LogP contribution < -0.4 is 9.64 Å². The Morgan fingerprint density at radius 3 is 2.57 bits per heavy atom. The Morgan fingerprint density at radius 2 is 1.86 bits per heavy atom. The first-order valence-corrected chi connectivity index (χ1v) is 9.45. The van der Waals surface area contributed by atoms with Gasteiger partial charge in [0.2, 0.25) is 0 Å². The molecule has 1 aliphatic rings. The van der Waals surface area contributed by atoms with E-state index >= 15 is 0 Å². The third-order valence-electron chi connectivity index (χ3n) is 5.23. The third-order valence-corrected chi connectivity index (χ3v) is 5.23. The Morgan fingerprint density at radius 1 is 1.18 bits per heavy atom. The van der Waals surface area contributed by atoms with Crippen molar-refractivity contribution in [2.24, 2.45) is 0 Å². The molecule has 0 aliphatic carbocycles. The number of hydrogen-bond donors (Lipinski definition) is 0. The molecule has 2 aromatic rings. The molecule has 0 N–H and O–H groups in total. The van der Waals surface area contributed by atoms with Crippen LogP contribution in [-0.2, 0) is 10.2 Å². The van der Waals surface area contributed by atoms with Gasteiger partial charge in [0.05, 0.1) is 6.54 Å². The summed E-state index contributed by atoms with van der Waals surface area (Å²) in [5.41, 5.74) is 3.14. The zero-order chi connectivity index (χ0) is 20.3. The predicted molar refractivity (Wildman–Crippen MR) is 110 cm³/mol. The summed E-state index contributed by atoms with van der Waals surface area (Å²) in [5.74, 6) is -0.107. The van der Waals surface area contributed by atoms with Crippen LogP contribution in [-0.4, -0.2) is 44.5 Å². The van der Waals surface area contributed by atoms with Crippen LogP contribution in [0.15, 0.2) is 60.3 Å². The smallest absolute Gasteiger partial charge is 0.171 e. The molecule has 28 heavy (non-hydrogen) atoms. The normalized spacial score (nSPS) is 16.5. The Hall–Kier alpha value is -2.66. The van der Waals surface area contributed by atoms with Crippen molar-refractivity contribution in [2.45, 2.75) is 19.3 Å². The summed E-state index contributed by atoms with van der Waals surface area (Å²) >= 11 is 0. The molecular weight excluding hydrogens is 355 g/mol. The molecule has 0 bridgehead atoms. The van der Waals surface area contributed by atoms with Crippen LogP contribution in [0.25, 0.3) is 0 Å². The average Bonchev–Trinajstić information content (AvgIpc) is 2.84. The van der Waals surface area contributed by atoms with Gasteiger partial charge in [-0.1, -0.05) is 44.2 Å². The molecular formula is C23H27FN2O2. The van der Waals surface area contributed by atoms with Crippen molar-refractivity contribution in [3.8, 4) is 5.75 Å². The largest absolute Gasteiger partial charge is 0.489 e. The minimum Gasteiger partial charge on any atom is -0.489 e. The highest BCUT2D eigenvalue weighted by Crippen LogP contribution is 2.46. The molecule has 0 amide bonds. The number of ketones is 1. The summed E-state index contributed by atoms with van der Waals surface area (Å²) in [6.07, 6.45) is 1.74. The van der Waals surface area contributed by atoms with Crippen LogP contribution in [0, 0.1) is 5.82 Å². The maximum atomic E-state index is 13.6. The van der Waals surface area contributed by atoms with Crippen LogP contribution in [0.2, 0.25) is 0 Å². The molecule has 1 heterocycles. The first-order chi connectivity index (χ1) is 13.3. The number of rotatable bonds is 7. The Balaban J connectivity index is 1.58. The summed E-state index contributed by atoms with van der Waals surface area (Å²) in [6.45, 7) is 5.41. The lowest BCUT2D eigenvalue weighted by Gasteiger charge is -2.24. The molecule has 3 rings (SSSR count). The minimum absolute atomic E-state index is 0.0381. The van der Waals surface area contributed by atoms with Gasteiger partial charge in [-0.15, -0.1) is 0 Å². The molecule has 0 unspecified atom stereocenters. The van der Waals surface area contributed by atoms with E-state index in [9.17, 15) is 9.18 Å². The molecule has 0 spiro atoms. The molecule has 0 atom stereocenters. The summed E-state index contributed by atoms with van der Waals surface area (Å²) in [6, 6.07) is 14.6. The van der Waals surface area contributed by atoms with Crippen LogP contribution in [0.4, 0.5) is 10.1 Å². The number of nitrogens with zero attached hydrogens (tertiary/aromatic N) is 2. The Kier molecular flexibility index (Phi) is 5.84. The van der Waals surface area contributed by atoms with Crippen LogP contribution in [0.5, 0.6) is 5.75 Å². The van der Waals surface area contributed by atoms with E-state index in [0.29, 0.717) is 13.2 Å². The monoisotopic (exact) mass is 382 g/mol. The summed E-state index contributed by atoms with van der Waals surface area (Å²) in [7, 11) is 3.86. The Bertz CT molecular complexity index is 892. The fourth-order valence-corrected chi connectivity index (χ4v) is 3.68. The van der Waals surface area contributed by atoms with Gasteiger partial charge in [0.25, 0.3) is 0 Å². The number of benzene rings is 2. The minimum atomic E-state index is -0.378. The van der Waals surface area contributed by atoms with E-state index in [1.54, 1.807) is 24.3 Å². The van der Waals surface area contributed by atoms with Crippen molar-refractivity contribution in [3.05, 3.63) is 71.7 Å². The first kappa shape index (κ1) is 20.1. The fraction of sp³-hybridized carbons (Fsp3) is 0.348. The Labute approximate surface area is 166 Å². The van der Waals surface area contributed by atoms with Crippen molar-refractivity contribution in [1.29, 1.82) is 0 Å². The van der Waals surface area contributed by atoms with Gasteiger partial charge in [-0.05, 0) is 30.8 Å². The maximum absolute atomic E-state index is 13.6. The number of anilines is 1. The fourth-order valence-electron chi connectivity index (χ4n) is 3.68. The highest BCUT2D eigenvalue weighted by molar-refractivity contribution is 5.94. The zero-order valence-corrected chi connectivity index (χ0v) is 16.9. The van der Waals surface area contributed by atoms with Gasteiger partial charge < -0.3 is 9.64 Å². The lowest BCUT2D eigenvalue weighted by atomic mass is 9.83. The topological polar surface area (TPSA) is 32.8 Å². The number of likely N-dealkylation sites (N-methyl/N-ethyl adjacent to an activating group) is 2. The molecule has 0 saturated heterocycles. The summed E-state index contributed by atoms with van der Waals surface area (Å²) < 4.78 is 19.0. The highest BCUT2D eigenvalue weighted by atomic mass is 19.1. The lowest BCUT2D eigenvalue weighted by Crippen LogP contribution is -2.31. The SMILES string of the molecule is CN(CCOc1ccccc1F)CC(=O)C=C1N(C)c2ccccc2C1(C)C. The summed E-state index contributed by atoms with van der Waals surface area (Å²) in [4.78, 5) is 16.6. The molecule has 1 aliphatic heterocycles. The predicted octanol–water partition coefficient (Wildman–Crippen LogP) is 4.02. The van der Waals surface area contributed by atoms with E-state index in [2.05, 4.69) is 30.9 Å². The number of para-hydroxylation sites is 2. The van der Waals surface area contributed by atoms with E-state index in [4.69, 9.17) is 4.74 Å². The molecule has 0 aromatic heterocycles. The van der Waals surface area contributed by atoms with Crippen molar-refractivity contribution in [2.75, 3.05) is 38.7 Å². The van der Waals surface area contributed by atoms with Crippen molar-refractivity contribution < 1.29 is 13.9 Å². The van der Waals surface area contributed by atoms with Gasteiger partial charge in [-0.3, -0.25) is 9.69 Å². The second kappa shape index (κ2) is 8.15. The van der Waals surface area contributed by atoms with Crippen LogP contribution >= 0.6 is 0 Å². The number of hydrogen-bond acceptors (Lipinski definition) is 4. The standard InChI is InChI=1S/C23H27FN2O2/c1-23(2)18-9-5-7-11-20(18)26(4)22(23)15-17(27)16-25(3)13-14-28-21-12-8-6-10-19(21)24/h5-12,15H,13-14,16H2,1-4H3. The molecule has 2 aromatic carbocycles. The third kappa shape index (κ3) is 4.09. The van der Waals surface area contributed by atoms with E-state index in [0.717, 1.165) is 11.4 Å². The van der Waals surface area contributed by atoms with Crippen molar-refractivity contribution >= 4 is 11.5 Å². The van der Waals surface area contributed by atoms with Gasteiger partial charge >= 0.3 is 0 Å². The van der Waals surface area contributed by atoms with Gasteiger partial charge in [-0.25, -0.2) is 4.39 Å². The molecule has 0 radical (unpaired) electrons. The number of carbonyl (C=O) groups is 1. The van der Waals surface area contributed by atoms with Crippen molar-refractivity contribution in [3.63, 3.8) is 0 Å².